The quantitative estimate of drug-likeness (QED) is 0.181. The van der Waals surface area contributed by atoms with Gasteiger partial charge in [-0.15, -0.1) is 21.5 Å². The van der Waals surface area contributed by atoms with E-state index in [9.17, 15) is 0 Å². The van der Waals surface area contributed by atoms with E-state index < -0.39 is 0 Å². The Balaban J connectivity index is 1.30. The smallest absolute Gasteiger partial charge is 0.169 e. The minimum absolute atomic E-state index is 0.496. The van der Waals surface area contributed by atoms with Crippen LogP contribution in [0, 0.1) is 0 Å². The summed E-state index contributed by atoms with van der Waals surface area (Å²) in [4.78, 5) is 0. The summed E-state index contributed by atoms with van der Waals surface area (Å²) < 4.78 is 4.95. The van der Waals surface area contributed by atoms with Gasteiger partial charge in [0.25, 0.3) is 0 Å². The molecule has 0 bridgehead atoms. The molecule has 0 radical (unpaired) electrons. The van der Waals surface area contributed by atoms with E-state index in [0.717, 1.165) is 40.8 Å². The van der Waals surface area contributed by atoms with Gasteiger partial charge in [-0.05, 0) is 82.6 Å². The van der Waals surface area contributed by atoms with Gasteiger partial charge in [0.1, 0.15) is 0 Å². The molecule has 4 heteroatoms. The summed E-state index contributed by atoms with van der Waals surface area (Å²) in [5, 5.41) is 15.7. The first kappa shape index (κ1) is 27.0. The summed E-state index contributed by atoms with van der Waals surface area (Å²) in [5.41, 5.74) is 8.47. The SMILES string of the molecule is CCC(C)c1ccc2sc3c(-c4ccc(-c5nnc6c7ccccc7c7ccccc7n56)cc4)cc(C(C)CC)cc3c2c1. The molecule has 0 spiro atoms. The highest BCUT2D eigenvalue weighted by atomic mass is 32.1. The summed E-state index contributed by atoms with van der Waals surface area (Å²) in [6, 6.07) is 38.0. The third-order valence-corrected chi connectivity index (χ3v) is 10.9. The molecule has 3 nitrogen and oxygen atoms in total. The second-order valence-electron chi connectivity index (χ2n) is 12.2. The Morgan fingerprint density at radius 3 is 2.05 bits per heavy atom. The average molecular weight is 590 g/mol. The number of aromatic nitrogens is 3. The Morgan fingerprint density at radius 1 is 0.614 bits per heavy atom. The minimum Gasteiger partial charge on any atom is -0.274 e. The van der Waals surface area contributed by atoms with Crippen LogP contribution < -0.4 is 0 Å². The van der Waals surface area contributed by atoms with Gasteiger partial charge in [0, 0.05) is 36.5 Å². The Bertz CT molecular complexity index is 2340. The normalized spacial score (nSPS) is 13.5. The first-order chi connectivity index (χ1) is 21.6. The Labute approximate surface area is 261 Å². The highest BCUT2D eigenvalue weighted by Gasteiger charge is 2.18. The summed E-state index contributed by atoms with van der Waals surface area (Å²) in [5.74, 6) is 1.92. The van der Waals surface area contributed by atoms with Crippen molar-refractivity contribution in [1.82, 2.24) is 14.6 Å². The molecule has 0 aliphatic rings. The van der Waals surface area contributed by atoms with Crippen LogP contribution in [0.5, 0.6) is 0 Å². The third-order valence-electron chi connectivity index (χ3n) is 9.70. The predicted octanol–water partition coefficient (Wildman–Crippen LogP) is 11.8. The van der Waals surface area contributed by atoms with Crippen molar-refractivity contribution in [3.63, 3.8) is 0 Å². The second kappa shape index (κ2) is 10.6. The maximum Gasteiger partial charge on any atom is 0.169 e. The van der Waals surface area contributed by atoms with E-state index in [4.69, 9.17) is 10.2 Å². The number of rotatable bonds is 6. The highest BCUT2D eigenvalue weighted by Crippen LogP contribution is 2.43. The molecule has 8 aromatic rings. The zero-order valence-corrected chi connectivity index (χ0v) is 26.5. The molecule has 5 aromatic carbocycles. The van der Waals surface area contributed by atoms with Gasteiger partial charge in [0.05, 0.1) is 5.52 Å². The highest BCUT2D eigenvalue weighted by molar-refractivity contribution is 7.26. The van der Waals surface area contributed by atoms with Crippen molar-refractivity contribution < 1.29 is 0 Å². The van der Waals surface area contributed by atoms with Crippen molar-refractivity contribution in [3.05, 3.63) is 114 Å². The predicted molar refractivity (Wildman–Crippen MR) is 189 cm³/mol. The molecular formula is C40H35N3S. The molecule has 44 heavy (non-hydrogen) atoms. The molecule has 0 N–H and O–H groups in total. The van der Waals surface area contributed by atoms with Gasteiger partial charge in [-0.2, -0.15) is 0 Å². The molecule has 3 aromatic heterocycles. The van der Waals surface area contributed by atoms with Crippen LogP contribution >= 0.6 is 11.3 Å². The molecule has 216 valence electrons. The number of hydrogen-bond donors (Lipinski definition) is 0. The van der Waals surface area contributed by atoms with Crippen molar-refractivity contribution in [1.29, 1.82) is 0 Å². The van der Waals surface area contributed by atoms with Gasteiger partial charge in [-0.3, -0.25) is 4.40 Å². The summed E-state index contributed by atoms with van der Waals surface area (Å²) in [6.07, 6.45) is 2.27. The standard InChI is InChI=1S/C40H35N3S/c1-5-24(3)28-19-20-37-34(21-28)35-23-29(25(4)6-2)22-33(38(35)44-37)26-15-17-27(18-16-26)39-41-42-40-32-13-8-7-11-30(32)31-12-9-10-14-36(31)43(39)40/h7-25H,5-6H2,1-4H3. The summed E-state index contributed by atoms with van der Waals surface area (Å²) >= 11 is 1.92. The number of pyridine rings is 1. The van der Waals surface area contributed by atoms with Gasteiger partial charge in [0.2, 0.25) is 0 Å². The third kappa shape index (κ3) is 4.16. The maximum absolute atomic E-state index is 4.74. The van der Waals surface area contributed by atoms with E-state index in [1.54, 1.807) is 0 Å². The fraction of sp³-hybridized carbons (Fsp3) is 0.200. The van der Waals surface area contributed by atoms with Gasteiger partial charge in [-0.1, -0.05) is 100 Å². The van der Waals surface area contributed by atoms with Crippen molar-refractivity contribution in [2.45, 2.75) is 52.4 Å². The van der Waals surface area contributed by atoms with Crippen molar-refractivity contribution >= 4 is 58.8 Å². The maximum atomic E-state index is 4.74. The van der Waals surface area contributed by atoms with E-state index in [-0.39, 0.29) is 0 Å². The van der Waals surface area contributed by atoms with Crippen molar-refractivity contribution in [3.8, 4) is 22.5 Å². The number of thiophene rings is 1. The van der Waals surface area contributed by atoms with Crippen LogP contribution in [0.2, 0.25) is 0 Å². The van der Waals surface area contributed by atoms with Crippen LogP contribution in [0.3, 0.4) is 0 Å². The molecule has 0 fully saturated rings. The minimum atomic E-state index is 0.496. The van der Waals surface area contributed by atoms with Crippen LogP contribution in [0.4, 0.5) is 0 Å². The van der Waals surface area contributed by atoms with Crippen LogP contribution in [0.1, 0.15) is 63.5 Å². The van der Waals surface area contributed by atoms with E-state index in [1.807, 2.05) is 11.3 Å². The molecule has 0 saturated carbocycles. The Hall–Kier alpha value is -4.54. The van der Waals surface area contributed by atoms with Gasteiger partial charge in [0.15, 0.2) is 11.5 Å². The summed E-state index contributed by atoms with van der Waals surface area (Å²) in [7, 11) is 0. The molecule has 0 aliphatic carbocycles. The van der Waals surface area contributed by atoms with Crippen LogP contribution in [-0.2, 0) is 0 Å². The Morgan fingerprint density at radius 2 is 1.27 bits per heavy atom. The number of benzene rings is 5. The van der Waals surface area contributed by atoms with Crippen LogP contribution in [-0.4, -0.2) is 14.6 Å². The topological polar surface area (TPSA) is 30.2 Å². The monoisotopic (exact) mass is 589 g/mol. The molecular weight excluding hydrogens is 555 g/mol. The first-order valence-electron chi connectivity index (χ1n) is 15.8. The van der Waals surface area contributed by atoms with Crippen LogP contribution in [0.25, 0.3) is 70.0 Å². The molecule has 0 saturated heterocycles. The Kier molecular flexibility index (Phi) is 6.50. The lowest BCUT2D eigenvalue weighted by molar-refractivity contribution is 0.734. The van der Waals surface area contributed by atoms with Crippen molar-refractivity contribution in [2.75, 3.05) is 0 Å². The average Bonchev–Trinajstić information content (AvgIpc) is 3.70. The number of hydrogen-bond acceptors (Lipinski definition) is 3. The van der Waals surface area contributed by atoms with E-state index in [0.29, 0.717) is 11.8 Å². The first-order valence-corrected chi connectivity index (χ1v) is 16.6. The zero-order chi connectivity index (χ0) is 29.9. The molecule has 8 rings (SSSR count). The molecule has 0 amide bonds. The lowest BCUT2D eigenvalue weighted by Crippen LogP contribution is -1.94. The zero-order valence-electron chi connectivity index (χ0n) is 25.6. The largest absolute Gasteiger partial charge is 0.274 e. The fourth-order valence-electron chi connectivity index (χ4n) is 6.68. The second-order valence-corrected chi connectivity index (χ2v) is 13.3. The van der Waals surface area contributed by atoms with E-state index >= 15 is 0 Å². The summed E-state index contributed by atoms with van der Waals surface area (Å²) in [6.45, 7) is 9.23. The molecule has 0 aliphatic heterocycles. The molecule has 3 heterocycles. The molecule has 2 atom stereocenters. The van der Waals surface area contributed by atoms with Gasteiger partial charge >= 0.3 is 0 Å². The molecule has 2 unspecified atom stereocenters. The van der Waals surface area contributed by atoms with Crippen molar-refractivity contribution in [2.24, 2.45) is 0 Å². The number of fused-ring (bicyclic) bond motifs is 9. The van der Waals surface area contributed by atoms with Gasteiger partial charge < -0.3 is 0 Å². The van der Waals surface area contributed by atoms with E-state index in [2.05, 4.69) is 135 Å². The van der Waals surface area contributed by atoms with Crippen LogP contribution in [0.15, 0.2) is 103 Å². The number of para-hydroxylation sites is 1. The number of nitrogens with zero attached hydrogens (tertiary/aromatic N) is 3. The van der Waals surface area contributed by atoms with E-state index in [1.165, 1.54) is 53.2 Å². The van der Waals surface area contributed by atoms with Gasteiger partial charge in [-0.25, -0.2) is 0 Å². The lowest BCUT2D eigenvalue weighted by atomic mass is 9.91. The lowest BCUT2D eigenvalue weighted by Gasteiger charge is -2.14. The fourth-order valence-corrected chi connectivity index (χ4v) is 7.88.